The molecule has 1 fully saturated rings. The lowest BCUT2D eigenvalue weighted by atomic mass is 10.1. The summed E-state index contributed by atoms with van der Waals surface area (Å²) in [5.41, 5.74) is 3.02. The van der Waals surface area contributed by atoms with Gasteiger partial charge in [-0.1, -0.05) is 24.2 Å². The van der Waals surface area contributed by atoms with E-state index in [0.29, 0.717) is 17.4 Å². The van der Waals surface area contributed by atoms with Crippen molar-refractivity contribution in [1.82, 2.24) is 15.1 Å². The molecule has 1 aliphatic carbocycles. The monoisotopic (exact) mass is 443 g/mol. The molecule has 1 amide bonds. The zero-order chi connectivity index (χ0) is 22.0. The van der Waals surface area contributed by atoms with Crippen molar-refractivity contribution in [2.24, 2.45) is 5.41 Å². The molecule has 2 aromatic carbocycles. The molecule has 0 saturated heterocycles. The van der Waals surface area contributed by atoms with Crippen LogP contribution < -0.4 is 10.0 Å². The van der Waals surface area contributed by atoms with Gasteiger partial charge in [-0.3, -0.25) is 9.78 Å². The molecule has 0 aliphatic heterocycles. The third kappa shape index (κ3) is 4.50. The lowest BCUT2D eigenvalue weighted by Gasteiger charge is -2.12. The van der Waals surface area contributed by atoms with Gasteiger partial charge in [0.1, 0.15) is 5.69 Å². The molecular formula is C24H21N5O2S. The summed E-state index contributed by atoms with van der Waals surface area (Å²) in [4.78, 5) is 22.0. The van der Waals surface area contributed by atoms with E-state index in [1.165, 1.54) is 11.9 Å². The molecule has 2 aromatic heterocycles. The predicted molar refractivity (Wildman–Crippen MR) is 125 cm³/mol. The summed E-state index contributed by atoms with van der Waals surface area (Å²) in [7, 11) is 0. The van der Waals surface area contributed by atoms with E-state index in [1.807, 2.05) is 73.7 Å². The van der Waals surface area contributed by atoms with Gasteiger partial charge in [-0.15, -0.1) is 0 Å². The van der Waals surface area contributed by atoms with Crippen LogP contribution in [-0.2, 0) is 4.79 Å². The first-order valence-corrected chi connectivity index (χ1v) is 11.1. The van der Waals surface area contributed by atoms with Crippen LogP contribution >= 0.6 is 11.9 Å². The third-order valence-electron chi connectivity index (χ3n) is 5.38. The normalized spacial score (nSPS) is 14.0. The van der Waals surface area contributed by atoms with Crippen molar-refractivity contribution in [2.75, 3.05) is 10.0 Å². The Morgan fingerprint density at radius 2 is 1.84 bits per heavy atom. The summed E-state index contributed by atoms with van der Waals surface area (Å²) in [6.07, 6.45) is 3.60. The van der Waals surface area contributed by atoms with E-state index in [0.717, 1.165) is 34.7 Å². The number of anilines is 2. The van der Waals surface area contributed by atoms with Crippen LogP contribution in [0.4, 0.5) is 11.4 Å². The highest BCUT2D eigenvalue weighted by Crippen LogP contribution is 2.45. The van der Waals surface area contributed by atoms with Crippen LogP contribution in [0, 0.1) is 5.41 Å². The maximum absolute atomic E-state index is 12.3. The van der Waals surface area contributed by atoms with Crippen LogP contribution in [0.15, 0.2) is 82.3 Å². The Morgan fingerprint density at radius 1 is 1.03 bits per heavy atom. The number of pyridine rings is 1. The molecule has 8 heteroatoms. The van der Waals surface area contributed by atoms with Crippen molar-refractivity contribution in [3.8, 4) is 23.0 Å². The average Bonchev–Trinajstić information content (AvgIpc) is 3.40. The minimum absolute atomic E-state index is 0.0885. The van der Waals surface area contributed by atoms with Crippen LogP contribution in [0.5, 0.6) is 0 Å². The van der Waals surface area contributed by atoms with Crippen molar-refractivity contribution in [1.29, 1.82) is 0 Å². The Hall–Kier alpha value is -3.65. The summed E-state index contributed by atoms with van der Waals surface area (Å²) in [5.74, 6) is 0.997. The number of rotatable bonds is 7. The molecule has 5 rings (SSSR count). The van der Waals surface area contributed by atoms with E-state index < -0.39 is 0 Å². The number of carbonyl (C=O) groups excluding carboxylic acids is 1. The lowest BCUT2D eigenvalue weighted by molar-refractivity contribution is -0.120. The Morgan fingerprint density at radius 3 is 2.59 bits per heavy atom. The van der Waals surface area contributed by atoms with Gasteiger partial charge >= 0.3 is 0 Å². The summed E-state index contributed by atoms with van der Waals surface area (Å²) < 4.78 is 8.65. The largest absolute Gasteiger partial charge is 0.332 e. The average molecular weight is 444 g/mol. The van der Waals surface area contributed by atoms with Crippen molar-refractivity contribution >= 4 is 29.2 Å². The predicted octanol–water partition coefficient (Wildman–Crippen LogP) is 5.66. The molecule has 2 N–H and O–H groups in total. The minimum atomic E-state index is -0.197. The number of hydrogen-bond acceptors (Lipinski definition) is 7. The zero-order valence-corrected chi connectivity index (χ0v) is 18.2. The Kier molecular flexibility index (Phi) is 5.36. The van der Waals surface area contributed by atoms with Gasteiger partial charge in [0.2, 0.25) is 11.7 Å². The molecule has 1 aliphatic rings. The van der Waals surface area contributed by atoms with Gasteiger partial charge in [0.05, 0.1) is 0 Å². The number of hydrogen-bond donors (Lipinski definition) is 2. The molecule has 0 unspecified atom stereocenters. The molecule has 4 aromatic rings. The van der Waals surface area contributed by atoms with Gasteiger partial charge in [-0.05, 0) is 79.4 Å². The number of benzene rings is 2. The number of nitrogens with one attached hydrogen (secondary N) is 2. The maximum Gasteiger partial charge on any atom is 0.276 e. The summed E-state index contributed by atoms with van der Waals surface area (Å²) >= 11 is 1.49. The van der Waals surface area contributed by atoms with E-state index in [9.17, 15) is 4.79 Å². The van der Waals surface area contributed by atoms with Crippen molar-refractivity contribution in [3.05, 3.63) is 72.9 Å². The molecule has 0 radical (unpaired) electrons. The fraction of sp³-hybridized carbons (Fsp3) is 0.167. The zero-order valence-electron chi connectivity index (χ0n) is 17.4. The summed E-state index contributed by atoms with van der Waals surface area (Å²) in [6.45, 7) is 2.00. The molecule has 2 heterocycles. The standard InChI is InChI=1S/C24H21N5O2S/c1-24(12-13-24)23(30)26-17-5-4-6-18(15-17)29-32-19-10-8-16(9-11-19)21-27-22(31-28-21)20-7-2-3-14-25-20/h2-11,14-15,29H,12-13H2,1H3,(H,26,30). The summed E-state index contributed by atoms with van der Waals surface area (Å²) in [5, 5.41) is 7.06. The van der Waals surface area contributed by atoms with Gasteiger partial charge < -0.3 is 14.6 Å². The number of amides is 1. The molecular weight excluding hydrogens is 422 g/mol. The topological polar surface area (TPSA) is 92.9 Å². The first-order chi connectivity index (χ1) is 15.6. The van der Waals surface area contributed by atoms with Crippen molar-refractivity contribution in [2.45, 2.75) is 24.7 Å². The van der Waals surface area contributed by atoms with Gasteiger partial charge in [0.25, 0.3) is 5.89 Å². The van der Waals surface area contributed by atoms with Gasteiger partial charge in [0.15, 0.2) is 0 Å². The fourth-order valence-corrected chi connectivity index (χ4v) is 3.72. The SMILES string of the molecule is CC1(C(=O)Nc2cccc(NSc3ccc(-c4noc(-c5ccccn5)n4)cc3)c2)CC1. The van der Waals surface area contributed by atoms with Gasteiger partial charge in [-0.25, -0.2) is 0 Å². The smallest absolute Gasteiger partial charge is 0.276 e. The Labute approximate surface area is 189 Å². The van der Waals surface area contributed by atoms with Crippen molar-refractivity contribution < 1.29 is 9.32 Å². The van der Waals surface area contributed by atoms with Crippen LogP contribution in [0.2, 0.25) is 0 Å². The quantitative estimate of drug-likeness (QED) is 0.356. The first-order valence-electron chi connectivity index (χ1n) is 10.3. The number of carbonyl (C=O) groups is 1. The third-order valence-corrected chi connectivity index (χ3v) is 6.22. The highest BCUT2D eigenvalue weighted by molar-refractivity contribution is 8.00. The maximum atomic E-state index is 12.3. The van der Waals surface area contributed by atoms with Crippen molar-refractivity contribution in [3.63, 3.8) is 0 Å². The lowest BCUT2D eigenvalue weighted by Crippen LogP contribution is -2.21. The van der Waals surface area contributed by atoms with E-state index in [-0.39, 0.29) is 11.3 Å². The second-order valence-electron chi connectivity index (χ2n) is 7.96. The minimum Gasteiger partial charge on any atom is -0.332 e. The molecule has 0 spiro atoms. The molecule has 0 bridgehead atoms. The first kappa shape index (κ1) is 20.3. The second-order valence-corrected chi connectivity index (χ2v) is 8.84. The van der Waals surface area contributed by atoms with Crippen LogP contribution in [0.3, 0.4) is 0 Å². The van der Waals surface area contributed by atoms with Crippen LogP contribution in [0.25, 0.3) is 23.0 Å². The van der Waals surface area contributed by atoms with Crippen LogP contribution in [0.1, 0.15) is 19.8 Å². The molecule has 160 valence electrons. The van der Waals surface area contributed by atoms with Gasteiger partial charge in [0, 0.05) is 33.4 Å². The Balaban J connectivity index is 1.21. The number of nitrogens with zero attached hydrogens (tertiary/aromatic N) is 3. The molecule has 0 atom stereocenters. The highest BCUT2D eigenvalue weighted by Gasteiger charge is 2.44. The van der Waals surface area contributed by atoms with Crippen LogP contribution in [-0.4, -0.2) is 21.0 Å². The second kappa shape index (κ2) is 8.47. The molecule has 32 heavy (non-hydrogen) atoms. The van der Waals surface area contributed by atoms with E-state index in [2.05, 4.69) is 25.2 Å². The fourth-order valence-electron chi connectivity index (χ4n) is 3.08. The highest BCUT2D eigenvalue weighted by atomic mass is 32.2. The number of aromatic nitrogens is 3. The van der Waals surface area contributed by atoms with E-state index in [1.54, 1.807) is 6.20 Å². The van der Waals surface area contributed by atoms with E-state index >= 15 is 0 Å². The summed E-state index contributed by atoms with van der Waals surface area (Å²) in [6, 6.07) is 21.1. The molecule has 1 saturated carbocycles. The van der Waals surface area contributed by atoms with E-state index in [4.69, 9.17) is 4.52 Å². The van der Waals surface area contributed by atoms with Gasteiger partial charge in [-0.2, -0.15) is 4.98 Å². The Bertz CT molecular complexity index is 1240. The molecule has 7 nitrogen and oxygen atoms in total.